The minimum atomic E-state index is -0.688. The molecule has 3 aromatic heterocycles. The Morgan fingerprint density at radius 1 is 0.431 bits per heavy atom. The van der Waals surface area contributed by atoms with Crippen molar-refractivity contribution >= 4 is 87.3 Å². The summed E-state index contributed by atoms with van der Waals surface area (Å²) in [5.74, 6) is 0.765. The SMILES string of the molecule is c1ccc(-n2c3ccccc3c3ccc(-c4ccc5c(c4)c4ccccc4n5-c4ccc(C5=NI=Nc6c5oc5ccccc65)cc4)cc32)cc1. The van der Waals surface area contributed by atoms with Crippen molar-refractivity contribution in [2.75, 3.05) is 0 Å². The molecule has 0 fully saturated rings. The Morgan fingerprint density at radius 3 is 1.80 bits per heavy atom. The normalized spacial score (nSPS) is 12.9. The van der Waals surface area contributed by atoms with Crippen molar-refractivity contribution in [3.05, 3.63) is 175 Å². The van der Waals surface area contributed by atoms with Crippen LogP contribution in [0, 0.1) is 0 Å². The van der Waals surface area contributed by atoms with E-state index in [-0.39, 0.29) is 0 Å². The van der Waals surface area contributed by atoms with Crippen molar-refractivity contribution in [2.45, 2.75) is 0 Å². The summed E-state index contributed by atoms with van der Waals surface area (Å²) in [5.41, 5.74) is 13.1. The maximum absolute atomic E-state index is 6.28. The molecule has 240 valence electrons. The Balaban J connectivity index is 1.03. The summed E-state index contributed by atoms with van der Waals surface area (Å²) in [4.78, 5) is 0. The topological polar surface area (TPSA) is 47.7 Å². The molecule has 10 aromatic rings. The van der Waals surface area contributed by atoms with Gasteiger partial charge in [-0.1, -0.05) is 97.1 Å². The molecule has 0 saturated heterocycles. The average Bonchev–Trinajstić information content (AvgIpc) is 3.85. The van der Waals surface area contributed by atoms with Gasteiger partial charge < -0.3 is 13.6 Å². The van der Waals surface area contributed by atoms with Crippen LogP contribution in [0.25, 0.3) is 77.1 Å². The van der Waals surface area contributed by atoms with E-state index in [1.165, 1.54) is 54.7 Å². The van der Waals surface area contributed by atoms with Gasteiger partial charge in [-0.15, -0.1) is 0 Å². The fourth-order valence-corrected chi connectivity index (χ4v) is 9.31. The van der Waals surface area contributed by atoms with Gasteiger partial charge in [-0.3, -0.25) is 0 Å². The van der Waals surface area contributed by atoms with Crippen LogP contribution in [0.3, 0.4) is 0 Å². The molecule has 0 radical (unpaired) electrons. The smallest absolute Gasteiger partial charge is 0.181 e. The molecule has 1 aliphatic rings. The van der Waals surface area contributed by atoms with Gasteiger partial charge in [0, 0.05) is 43.9 Å². The largest absolute Gasteiger partial charge is 0.452 e. The summed E-state index contributed by atoms with van der Waals surface area (Å²) in [7, 11) is 0. The van der Waals surface area contributed by atoms with E-state index in [4.69, 9.17) is 10.8 Å². The molecule has 4 heterocycles. The molecule has 5 nitrogen and oxygen atoms in total. The summed E-state index contributed by atoms with van der Waals surface area (Å²) >= 11 is -0.688. The Morgan fingerprint density at radius 2 is 1.00 bits per heavy atom. The average molecular weight is 767 g/mol. The van der Waals surface area contributed by atoms with Crippen LogP contribution < -0.4 is 0 Å². The van der Waals surface area contributed by atoms with E-state index >= 15 is 0 Å². The number of fused-ring (bicyclic) bond motifs is 9. The van der Waals surface area contributed by atoms with Gasteiger partial charge >= 0.3 is 0 Å². The highest BCUT2D eigenvalue weighted by Gasteiger charge is 2.23. The molecule has 1 aliphatic heterocycles. The van der Waals surface area contributed by atoms with E-state index in [2.05, 4.69) is 155 Å². The maximum atomic E-state index is 6.28. The predicted octanol–water partition coefficient (Wildman–Crippen LogP) is 12.8. The summed E-state index contributed by atoms with van der Waals surface area (Å²) in [6.45, 7) is 0. The summed E-state index contributed by atoms with van der Waals surface area (Å²) < 4.78 is 20.7. The van der Waals surface area contributed by atoms with Gasteiger partial charge in [0.25, 0.3) is 0 Å². The van der Waals surface area contributed by atoms with Crippen LogP contribution in [0.1, 0.15) is 11.3 Å². The van der Waals surface area contributed by atoms with E-state index in [9.17, 15) is 0 Å². The first-order valence-electron chi connectivity index (χ1n) is 17.0. The minimum absolute atomic E-state index is 0.688. The van der Waals surface area contributed by atoms with E-state index in [0.29, 0.717) is 0 Å². The molecule has 0 spiro atoms. The second kappa shape index (κ2) is 11.2. The van der Waals surface area contributed by atoms with Gasteiger partial charge in [-0.2, -0.15) is 6.35 Å². The molecule has 0 aliphatic carbocycles. The summed E-state index contributed by atoms with van der Waals surface area (Å²) in [5, 5.41) is 6.03. The van der Waals surface area contributed by atoms with Gasteiger partial charge in [0.05, 0.1) is 22.1 Å². The van der Waals surface area contributed by atoms with Crippen molar-refractivity contribution in [1.82, 2.24) is 9.13 Å². The number of nitrogens with zero attached hydrogens (tertiary/aromatic N) is 4. The second-order valence-corrected chi connectivity index (χ2v) is 14.3. The van der Waals surface area contributed by atoms with Gasteiger partial charge in [-0.05, 0) is 77.9 Å². The van der Waals surface area contributed by atoms with Crippen molar-refractivity contribution in [2.24, 2.45) is 6.35 Å². The molecule has 11 rings (SSSR count). The van der Waals surface area contributed by atoms with Crippen LogP contribution in [0.15, 0.2) is 175 Å². The number of para-hydroxylation sites is 4. The van der Waals surface area contributed by atoms with Gasteiger partial charge in [0.15, 0.2) is 5.76 Å². The highest BCUT2D eigenvalue weighted by atomic mass is 127. The van der Waals surface area contributed by atoms with Crippen LogP contribution in [0.2, 0.25) is 0 Å². The lowest BCUT2D eigenvalue weighted by atomic mass is 10.0. The maximum Gasteiger partial charge on any atom is 0.181 e. The lowest BCUT2D eigenvalue weighted by Crippen LogP contribution is -2.03. The Bertz CT molecular complexity index is 3070. The molecule has 7 aromatic carbocycles. The Kier molecular flexibility index (Phi) is 6.30. The number of hydrogen-bond donors (Lipinski definition) is 0. The number of rotatable bonds is 4. The molecular weight excluding hydrogens is 739 g/mol. The number of hydrogen-bond acceptors (Lipinski definition) is 3. The third kappa shape index (κ3) is 4.36. The summed E-state index contributed by atoms with van der Waals surface area (Å²) in [6.07, 6.45) is 0. The lowest BCUT2D eigenvalue weighted by Gasteiger charge is -2.11. The molecule has 0 amide bonds. The number of furan rings is 1. The first-order chi connectivity index (χ1) is 25.3. The van der Waals surface area contributed by atoms with Gasteiger partial charge in [0.2, 0.25) is 0 Å². The van der Waals surface area contributed by atoms with Crippen LogP contribution in [0.4, 0.5) is 5.69 Å². The molecular formula is C45H27IN4O. The van der Waals surface area contributed by atoms with Crippen LogP contribution >= 0.6 is 21.3 Å². The minimum Gasteiger partial charge on any atom is -0.452 e. The first kappa shape index (κ1) is 28.7. The molecule has 51 heavy (non-hydrogen) atoms. The molecule has 0 atom stereocenters. The van der Waals surface area contributed by atoms with Crippen molar-refractivity contribution < 1.29 is 4.42 Å². The Labute approximate surface area is 303 Å². The lowest BCUT2D eigenvalue weighted by molar-refractivity contribution is 0.606. The van der Waals surface area contributed by atoms with Crippen molar-refractivity contribution in [3.8, 4) is 22.5 Å². The van der Waals surface area contributed by atoms with Gasteiger partial charge in [-0.25, -0.2) is 0 Å². The van der Waals surface area contributed by atoms with Crippen molar-refractivity contribution in [1.29, 1.82) is 0 Å². The third-order valence-electron chi connectivity index (χ3n) is 10.1. The van der Waals surface area contributed by atoms with Crippen LogP contribution in [-0.2, 0) is 0 Å². The zero-order valence-corrected chi connectivity index (χ0v) is 29.3. The molecule has 6 heteroatoms. The van der Waals surface area contributed by atoms with Gasteiger partial charge in [0.1, 0.15) is 38.3 Å². The zero-order valence-electron chi connectivity index (χ0n) is 27.2. The standard InChI is InChI=1S/C45H27IN4O/c1-2-10-31(11-3-1)50-38-15-7-4-12-33(38)35-24-20-30(27-41(35)50)29-21-25-40-37(26-29)34-13-5-8-16-39(34)49(40)32-22-18-28(19-23-32)43-45-44(48-46-47-43)36-14-6-9-17-42(36)51-45/h1-27H. The fourth-order valence-electron chi connectivity index (χ4n) is 7.79. The molecule has 0 unspecified atom stereocenters. The second-order valence-electron chi connectivity index (χ2n) is 12.9. The highest BCUT2D eigenvalue weighted by molar-refractivity contribution is 14.1. The third-order valence-corrected chi connectivity index (χ3v) is 11.5. The predicted molar refractivity (Wildman–Crippen MR) is 219 cm³/mol. The number of benzene rings is 7. The number of aromatic nitrogens is 2. The van der Waals surface area contributed by atoms with E-state index < -0.39 is 21.3 Å². The molecule has 0 N–H and O–H groups in total. The molecule has 0 saturated carbocycles. The number of halogens is 1. The van der Waals surface area contributed by atoms with E-state index in [1.54, 1.807) is 0 Å². The fraction of sp³-hybridized carbons (Fsp3) is 0. The van der Waals surface area contributed by atoms with E-state index in [0.717, 1.165) is 45.1 Å². The highest BCUT2D eigenvalue weighted by Crippen LogP contribution is 2.41. The van der Waals surface area contributed by atoms with E-state index in [1.807, 2.05) is 18.2 Å². The monoisotopic (exact) mass is 766 g/mol. The molecule has 0 bridgehead atoms. The zero-order chi connectivity index (χ0) is 33.5. The Hall–Kier alpha value is -6.12. The first-order valence-corrected chi connectivity index (χ1v) is 18.9. The van der Waals surface area contributed by atoms with Crippen molar-refractivity contribution in [3.63, 3.8) is 0 Å². The van der Waals surface area contributed by atoms with Crippen LogP contribution in [0.5, 0.6) is 0 Å². The quantitative estimate of drug-likeness (QED) is 0.165. The van der Waals surface area contributed by atoms with Crippen LogP contribution in [-0.4, -0.2) is 14.8 Å². The summed E-state index contributed by atoms with van der Waals surface area (Å²) in [6, 6.07) is 58.6.